The Labute approximate surface area is 115 Å². The highest BCUT2D eigenvalue weighted by atomic mass is 16.5. The fraction of sp³-hybridized carbons (Fsp3) is 0.929. The van der Waals surface area contributed by atoms with Gasteiger partial charge in [0, 0.05) is 12.6 Å². The summed E-state index contributed by atoms with van der Waals surface area (Å²) >= 11 is 0. The molecule has 0 aromatic heterocycles. The maximum Gasteiger partial charge on any atom is 0.237 e. The summed E-state index contributed by atoms with van der Waals surface area (Å²) in [5.74, 6) is 0.877. The molecule has 5 nitrogen and oxygen atoms in total. The zero-order chi connectivity index (χ0) is 13.5. The molecule has 1 amide bonds. The number of amides is 1. The van der Waals surface area contributed by atoms with E-state index in [0.29, 0.717) is 25.8 Å². The Morgan fingerprint density at radius 2 is 2.05 bits per heavy atom. The third-order valence-corrected chi connectivity index (χ3v) is 4.25. The monoisotopic (exact) mass is 270 g/mol. The topological polar surface area (TPSA) is 70.6 Å². The third kappa shape index (κ3) is 4.44. The molecule has 2 fully saturated rings. The van der Waals surface area contributed by atoms with E-state index in [1.807, 2.05) is 0 Å². The molecule has 0 radical (unpaired) electrons. The van der Waals surface area contributed by atoms with E-state index in [9.17, 15) is 4.79 Å². The highest BCUT2D eigenvalue weighted by Gasteiger charge is 2.34. The number of aliphatic hydroxyl groups excluding tert-OH is 1. The molecule has 1 aliphatic carbocycles. The summed E-state index contributed by atoms with van der Waals surface area (Å²) in [5.41, 5.74) is 0. The van der Waals surface area contributed by atoms with Crippen molar-refractivity contribution in [1.29, 1.82) is 0 Å². The van der Waals surface area contributed by atoms with Crippen LogP contribution in [0, 0.1) is 5.92 Å². The van der Waals surface area contributed by atoms with E-state index in [0.717, 1.165) is 12.3 Å². The number of ether oxygens (including phenoxy) is 1. The van der Waals surface area contributed by atoms with Crippen molar-refractivity contribution in [2.24, 2.45) is 5.92 Å². The van der Waals surface area contributed by atoms with Gasteiger partial charge in [-0.2, -0.15) is 0 Å². The first kappa shape index (κ1) is 14.8. The van der Waals surface area contributed by atoms with Gasteiger partial charge in [-0.15, -0.1) is 0 Å². The Morgan fingerprint density at radius 1 is 1.21 bits per heavy atom. The lowest BCUT2D eigenvalue weighted by Gasteiger charge is -2.39. The van der Waals surface area contributed by atoms with Crippen molar-refractivity contribution in [3.05, 3.63) is 0 Å². The number of fused-ring (bicyclic) bond motifs is 1. The Hall–Kier alpha value is -0.650. The van der Waals surface area contributed by atoms with E-state index in [1.54, 1.807) is 0 Å². The average molecular weight is 270 g/mol. The predicted molar refractivity (Wildman–Crippen MR) is 72.8 cm³/mol. The van der Waals surface area contributed by atoms with Crippen LogP contribution in [0.3, 0.4) is 0 Å². The Kier molecular flexibility index (Phi) is 6.07. The van der Waals surface area contributed by atoms with Crippen LogP contribution in [0.5, 0.6) is 0 Å². The summed E-state index contributed by atoms with van der Waals surface area (Å²) in [6.07, 6.45) is 7.30. The Bertz CT molecular complexity index is 286. The molecule has 19 heavy (non-hydrogen) atoms. The van der Waals surface area contributed by atoms with Crippen LogP contribution in [-0.4, -0.2) is 49.5 Å². The molecule has 110 valence electrons. The van der Waals surface area contributed by atoms with Crippen LogP contribution in [-0.2, 0) is 9.53 Å². The zero-order valence-electron chi connectivity index (χ0n) is 11.6. The lowest BCUT2D eigenvalue weighted by Crippen LogP contribution is -2.55. The molecule has 0 aromatic carbocycles. The first-order valence-electron chi connectivity index (χ1n) is 7.53. The van der Waals surface area contributed by atoms with Crippen LogP contribution in [0.1, 0.15) is 38.5 Å². The molecule has 3 N–H and O–H groups in total. The second-order valence-corrected chi connectivity index (χ2v) is 5.57. The first-order valence-corrected chi connectivity index (χ1v) is 7.53. The van der Waals surface area contributed by atoms with Crippen molar-refractivity contribution in [3.8, 4) is 0 Å². The number of hydrogen-bond acceptors (Lipinski definition) is 4. The molecule has 0 aromatic rings. The third-order valence-electron chi connectivity index (χ3n) is 4.25. The zero-order valence-corrected chi connectivity index (χ0v) is 11.6. The maximum atomic E-state index is 12.0. The van der Waals surface area contributed by atoms with Crippen molar-refractivity contribution >= 4 is 5.91 Å². The van der Waals surface area contributed by atoms with Gasteiger partial charge < -0.3 is 20.5 Å². The average Bonchev–Trinajstić information content (AvgIpc) is 2.46. The smallest absolute Gasteiger partial charge is 0.237 e. The van der Waals surface area contributed by atoms with E-state index in [-0.39, 0.29) is 18.6 Å². The summed E-state index contributed by atoms with van der Waals surface area (Å²) in [7, 11) is 0. The maximum absolute atomic E-state index is 12.0. The van der Waals surface area contributed by atoms with Crippen LogP contribution >= 0.6 is 0 Å². The summed E-state index contributed by atoms with van der Waals surface area (Å²) in [6.45, 7) is 1.35. The van der Waals surface area contributed by atoms with Crippen molar-refractivity contribution in [2.45, 2.75) is 50.6 Å². The Balaban J connectivity index is 1.65. The van der Waals surface area contributed by atoms with Crippen LogP contribution in [0.15, 0.2) is 0 Å². The van der Waals surface area contributed by atoms with E-state index < -0.39 is 0 Å². The number of piperidine rings is 1. The highest BCUT2D eigenvalue weighted by molar-refractivity contribution is 5.81. The molecule has 1 saturated heterocycles. The molecule has 2 aliphatic rings. The molecular weight excluding hydrogens is 244 g/mol. The molecule has 1 aliphatic heterocycles. The highest BCUT2D eigenvalue weighted by Crippen LogP contribution is 2.32. The van der Waals surface area contributed by atoms with E-state index >= 15 is 0 Å². The summed E-state index contributed by atoms with van der Waals surface area (Å²) in [4.78, 5) is 12.0. The lowest BCUT2D eigenvalue weighted by atomic mass is 9.77. The van der Waals surface area contributed by atoms with Gasteiger partial charge in [-0.05, 0) is 31.6 Å². The van der Waals surface area contributed by atoms with Gasteiger partial charge in [0.05, 0.1) is 25.9 Å². The number of hydrogen-bond donors (Lipinski definition) is 3. The predicted octanol–water partition coefficient (Wildman–Crippen LogP) is 0.422. The van der Waals surface area contributed by atoms with Crippen molar-refractivity contribution in [3.63, 3.8) is 0 Å². The van der Waals surface area contributed by atoms with Gasteiger partial charge in [-0.25, -0.2) is 0 Å². The van der Waals surface area contributed by atoms with Gasteiger partial charge in [0.15, 0.2) is 0 Å². The quantitative estimate of drug-likeness (QED) is 0.612. The summed E-state index contributed by atoms with van der Waals surface area (Å²) in [6, 6.07) is 0.515. The number of rotatable bonds is 6. The fourth-order valence-corrected chi connectivity index (χ4v) is 3.24. The minimum Gasteiger partial charge on any atom is -0.394 e. The van der Waals surface area contributed by atoms with E-state index in [1.165, 1.54) is 32.1 Å². The lowest BCUT2D eigenvalue weighted by molar-refractivity contribution is -0.124. The molecule has 2 rings (SSSR count). The SMILES string of the molecule is O=C(NCCOCCO)C1CCC2CCCCC2N1. The minimum atomic E-state index is -0.0304. The van der Waals surface area contributed by atoms with Crippen molar-refractivity contribution in [2.75, 3.05) is 26.4 Å². The number of nitrogens with one attached hydrogen (secondary N) is 2. The standard InChI is InChI=1S/C14H26N2O3/c17-8-10-19-9-7-15-14(18)13-6-5-11-3-1-2-4-12(11)16-13/h11-13,16-17H,1-10H2,(H,15,18). The van der Waals surface area contributed by atoms with Gasteiger partial charge in [0.2, 0.25) is 5.91 Å². The van der Waals surface area contributed by atoms with Crippen LogP contribution < -0.4 is 10.6 Å². The van der Waals surface area contributed by atoms with Gasteiger partial charge >= 0.3 is 0 Å². The van der Waals surface area contributed by atoms with E-state index in [4.69, 9.17) is 9.84 Å². The largest absolute Gasteiger partial charge is 0.394 e. The first-order chi connectivity index (χ1) is 9.31. The van der Waals surface area contributed by atoms with Crippen LogP contribution in [0.25, 0.3) is 0 Å². The number of carbonyl (C=O) groups is 1. The normalized spacial score (nSPS) is 30.7. The van der Waals surface area contributed by atoms with Crippen LogP contribution in [0.4, 0.5) is 0 Å². The molecule has 0 spiro atoms. The second kappa shape index (κ2) is 7.82. The van der Waals surface area contributed by atoms with Crippen molar-refractivity contribution < 1.29 is 14.6 Å². The molecule has 1 heterocycles. The summed E-state index contributed by atoms with van der Waals surface area (Å²) in [5, 5.41) is 15.0. The number of aliphatic hydroxyl groups is 1. The van der Waals surface area contributed by atoms with Gasteiger partial charge in [0.1, 0.15) is 0 Å². The molecule has 5 heteroatoms. The molecule has 0 bridgehead atoms. The van der Waals surface area contributed by atoms with Gasteiger partial charge in [-0.3, -0.25) is 4.79 Å². The second-order valence-electron chi connectivity index (χ2n) is 5.57. The summed E-state index contributed by atoms with van der Waals surface area (Å²) < 4.78 is 5.12. The molecule has 1 saturated carbocycles. The number of carbonyl (C=O) groups excluding carboxylic acids is 1. The molecular formula is C14H26N2O3. The van der Waals surface area contributed by atoms with E-state index in [2.05, 4.69) is 10.6 Å². The van der Waals surface area contributed by atoms with Crippen LogP contribution in [0.2, 0.25) is 0 Å². The minimum absolute atomic E-state index is 0.0290. The van der Waals surface area contributed by atoms with Gasteiger partial charge in [0.25, 0.3) is 0 Å². The fourth-order valence-electron chi connectivity index (χ4n) is 3.24. The molecule has 3 unspecified atom stereocenters. The molecule has 3 atom stereocenters. The van der Waals surface area contributed by atoms with Crippen molar-refractivity contribution in [1.82, 2.24) is 10.6 Å². The Morgan fingerprint density at radius 3 is 2.89 bits per heavy atom. The van der Waals surface area contributed by atoms with Gasteiger partial charge in [-0.1, -0.05) is 12.8 Å².